The number of carbonyl (C=O) groups excluding carboxylic acids is 1. The Morgan fingerprint density at radius 2 is 1.76 bits per heavy atom. The van der Waals surface area contributed by atoms with Crippen LogP contribution in [-0.4, -0.2) is 43.2 Å². The van der Waals surface area contributed by atoms with Crippen molar-refractivity contribution in [1.82, 2.24) is 9.21 Å². The van der Waals surface area contributed by atoms with Crippen LogP contribution in [0.25, 0.3) is 0 Å². The highest BCUT2D eigenvalue weighted by Crippen LogP contribution is 2.25. The van der Waals surface area contributed by atoms with Crippen molar-refractivity contribution >= 4 is 27.5 Å². The molecule has 1 aliphatic heterocycles. The molecule has 0 atom stereocenters. The fraction of sp³-hybridized carbons (Fsp3) is 0.381. The van der Waals surface area contributed by atoms with E-state index in [1.54, 1.807) is 29.2 Å². The summed E-state index contributed by atoms with van der Waals surface area (Å²) in [6.07, 6.45) is 1.77. The summed E-state index contributed by atoms with van der Waals surface area (Å²) in [6.45, 7) is 2.84. The van der Waals surface area contributed by atoms with Crippen molar-refractivity contribution in [2.24, 2.45) is 5.92 Å². The van der Waals surface area contributed by atoms with Gasteiger partial charge in [-0.25, -0.2) is 12.8 Å². The minimum atomic E-state index is -4.24. The topological polar surface area (TPSA) is 57.7 Å². The van der Waals surface area contributed by atoms with Gasteiger partial charge in [0.15, 0.2) is 0 Å². The minimum Gasteiger partial charge on any atom is -0.342 e. The molecule has 0 saturated carbocycles. The van der Waals surface area contributed by atoms with Crippen LogP contribution in [0, 0.1) is 11.7 Å². The number of likely N-dealkylation sites (tertiary alicyclic amines) is 1. The van der Waals surface area contributed by atoms with Gasteiger partial charge in [-0.15, -0.1) is 0 Å². The van der Waals surface area contributed by atoms with Crippen LogP contribution in [0.15, 0.2) is 53.4 Å². The predicted octanol–water partition coefficient (Wildman–Crippen LogP) is 3.93. The summed E-state index contributed by atoms with van der Waals surface area (Å²) >= 11 is 6.21. The van der Waals surface area contributed by atoms with Gasteiger partial charge in [0.1, 0.15) is 10.7 Å². The van der Waals surface area contributed by atoms with Crippen molar-refractivity contribution in [2.45, 2.75) is 31.2 Å². The van der Waals surface area contributed by atoms with Gasteiger partial charge in [0.2, 0.25) is 15.9 Å². The Bertz CT molecular complexity index is 975. The number of benzene rings is 2. The van der Waals surface area contributed by atoms with E-state index in [9.17, 15) is 17.6 Å². The van der Waals surface area contributed by atoms with Crippen LogP contribution in [0.2, 0.25) is 5.02 Å². The van der Waals surface area contributed by atoms with Gasteiger partial charge in [-0.2, -0.15) is 4.31 Å². The van der Waals surface area contributed by atoms with Gasteiger partial charge >= 0.3 is 0 Å². The monoisotopic (exact) mass is 438 g/mol. The minimum absolute atomic E-state index is 0.119. The summed E-state index contributed by atoms with van der Waals surface area (Å²) < 4.78 is 41.7. The Balaban J connectivity index is 1.90. The van der Waals surface area contributed by atoms with Crippen LogP contribution in [0.4, 0.5) is 4.39 Å². The lowest BCUT2D eigenvalue weighted by Gasteiger charge is -2.32. The van der Waals surface area contributed by atoms with Crippen LogP contribution in [0.3, 0.4) is 0 Å². The normalized spacial score (nSPS) is 15.7. The number of nitrogens with zero attached hydrogens (tertiary/aromatic N) is 2. The van der Waals surface area contributed by atoms with Gasteiger partial charge in [0.25, 0.3) is 0 Å². The predicted molar refractivity (Wildman–Crippen MR) is 110 cm³/mol. The number of hydrogen-bond donors (Lipinski definition) is 0. The van der Waals surface area contributed by atoms with Crippen molar-refractivity contribution in [3.8, 4) is 0 Å². The molecule has 1 amide bonds. The summed E-state index contributed by atoms with van der Waals surface area (Å²) in [4.78, 5) is 14.1. The molecule has 5 nitrogen and oxygen atoms in total. The Morgan fingerprint density at radius 1 is 1.14 bits per heavy atom. The lowest BCUT2D eigenvalue weighted by atomic mass is 9.99. The standard InChI is InChI=1S/C21H24ClFN2O3S/c1-16-10-12-24(13-11-16)21(26)15-25(14-17-6-2-3-7-18(17)22)29(27,28)20-9-5-4-8-19(20)23/h2-9,16H,10-15H2,1H3. The molecule has 1 fully saturated rings. The molecule has 0 unspecified atom stereocenters. The Morgan fingerprint density at radius 3 is 2.41 bits per heavy atom. The third kappa shape index (κ3) is 5.15. The molecule has 1 aliphatic rings. The van der Waals surface area contributed by atoms with E-state index in [0.717, 1.165) is 23.2 Å². The molecule has 0 aliphatic carbocycles. The van der Waals surface area contributed by atoms with Crippen LogP contribution in [-0.2, 0) is 21.4 Å². The highest BCUT2D eigenvalue weighted by atomic mass is 35.5. The van der Waals surface area contributed by atoms with Crippen LogP contribution in [0.1, 0.15) is 25.3 Å². The maximum absolute atomic E-state index is 14.3. The second-order valence-electron chi connectivity index (χ2n) is 7.36. The van der Waals surface area contributed by atoms with Crippen LogP contribution in [0.5, 0.6) is 0 Å². The Labute approximate surface area is 176 Å². The summed E-state index contributed by atoms with van der Waals surface area (Å²) in [6, 6.07) is 12.0. The summed E-state index contributed by atoms with van der Waals surface area (Å²) in [5, 5.41) is 0.389. The molecule has 2 aromatic carbocycles. The first-order chi connectivity index (χ1) is 13.8. The molecule has 29 heavy (non-hydrogen) atoms. The van der Waals surface area contributed by atoms with Crippen molar-refractivity contribution in [3.63, 3.8) is 0 Å². The fourth-order valence-electron chi connectivity index (χ4n) is 3.34. The van der Waals surface area contributed by atoms with Crippen molar-refractivity contribution in [1.29, 1.82) is 0 Å². The number of halogens is 2. The molecule has 1 heterocycles. The average Bonchev–Trinajstić information content (AvgIpc) is 2.69. The van der Waals surface area contributed by atoms with E-state index in [4.69, 9.17) is 11.6 Å². The van der Waals surface area contributed by atoms with E-state index in [2.05, 4.69) is 6.92 Å². The maximum atomic E-state index is 14.3. The summed E-state index contributed by atoms with van der Waals surface area (Å²) in [5.41, 5.74) is 0.550. The first-order valence-corrected chi connectivity index (χ1v) is 11.4. The zero-order valence-electron chi connectivity index (χ0n) is 16.2. The first-order valence-electron chi connectivity index (χ1n) is 9.55. The van der Waals surface area contributed by atoms with Gasteiger partial charge in [-0.1, -0.05) is 48.9 Å². The summed E-state index contributed by atoms with van der Waals surface area (Å²) in [7, 11) is -4.24. The molecule has 8 heteroatoms. The number of piperidine rings is 1. The molecule has 1 saturated heterocycles. The van der Waals surface area contributed by atoms with Gasteiger partial charge in [0, 0.05) is 24.7 Å². The second-order valence-corrected chi connectivity index (χ2v) is 9.67. The van der Waals surface area contributed by atoms with Crippen molar-refractivity contribution in [3.05, 3.63) is 64.9 Å². The molecule has 0 N–H and O–H groups in total. The molecule has 3 rings (SSSR count). The number of sulfonamides is 1. The molecule has 2 aromatic rings. The van der Waals surface area contributed by atoms with E-state index in [1.165, 1.54) is 18.2 Å². The maximum Gasteiger partial charge on any atom is 0.246 e. The van der Waals surface area contributed by atoms with E-state index in [0.29, 0.717) is 29.6 Å². The highest BCUT2D eigenvalue weighted by Gasteiger charge is 2.31. The van der Waals surface area contributed by atoms with E-state index >= 15 is 0 Å². The van der Waals surface area contributed by atoms with Gasteiger partial charge in [-0.3, -0.25) is 4.79 Å². The SMILES string of the molecule is CC1CCN(C(=O)CN(Cc2ccccc2Cl)S(=O)(=O)c2ccccc2F)CC1. The van der Waals surface area contributed by atoms with Gasteiger partial charge in [-0.05, 0) is 42.5 Å². The largest absolute Gasteiger partial charge is 0.342 e. The lowest BCUT2D eigenvalue weighted by molar-refractivity contribution is -0.132. The van der Waals surface area contributed by atoms with Gasteiger partial charge < -0.3 is 4.90 Å². The van der Waals surface area contributed by atoms with Gasteiger partial charge in [0.05, 0.1) is 6.54 Å². The van der Waals surface area contributed by atoms with E-state index in [1.807, 2.05) is 0 Å². The first kappa shape index (κ1) is 21.7. The molecule has 0 radical (unpaired) electrons. The van der Waals surface area contributed by atoms with Crippen LogP contribution >= 0.6 is 11.6 Å². The fourth-order valence-corrected chi connectivity index (χ4v) is 4.97. The highest BCUT2D eigenvalue weighted by molar-refractivity contribution is 7.89. The number of hydrogen-bond acceptors (Lipinski definition) is 3. The molecular weight excluding hydrogens is 415 g/mol. The lowest BCUT2D eigenvalue weighted by Crippen LogP contribution is -2.45. The molecule has 0 bridgehead atoms. The van der Waals surface area contributed by atoms with E-state index < -0.39 is 20.7 Å². The van der Waals surface area contributed by atoms with E-state index in [-0.39, 0.29) is 19.0 Å². The Hall–Kier alpha value is -1.96. The second kappa shape index (κ2) is 9.24. The smallest absolute Gasteiger partial charge is 0.246 e. The zero-order chi connectivity index (χ0) is 21.0. The molecule has 0 spiro atoms. The van der Waals surface area contributed by atoms with Crippen LogP contribution < -0.4 is 0 Å². The summed E-state index contributed by atoms with van der Waals surface area (Å²) in [5.74, 6) is -0.597. The zero-order valence-corrected chi connectivity index (χ0v) is 17.8. The number of carbonyl (C=O) groups is 1. The number of amides is 1. The molecule has 0 aromatic heterocycles. The Kier molecular flexibility index (Phi) is 6.93. The molecule has 156 valence electrons. The average molecular weight is 439 g/mol. The third-order valence-electron chi connectivity index (χ3n) is 5.21. The van der Waals surface area contributed by atoms with Crippen molar-refractivity contribution < 1.29 is 17.6 Å². The number of rotatable bonds is 6. The third-order valence-corrected chi connectivity index (χ3v) is 7.40. The molecular formula is C21H24ClFN2O3S. The van der Waals surface area contributed by atoms with Crippen molar-refractivity contribution in [2.75, 3.05) is 19.6 Å². The quantitative estimate of drug-likeness (QED) is 0.686.